The van der Waals surface area contributed by atoms with Crippen LogP contribution in [0.5, 0.6) is 0 Å². The number of hydrogen-bond acceptors (Lipinski definition) is 5. The Morgan fingerprint density at radius 1 is 1.03 bits per heavy atom. The number of carbonyl (C=O) groups is 4. The topological polar surface area (TPSA) is 92.8 Å². The average Bonchev–Trinajstić information content (AvgIpc) is 3.05. The van der Waals surface area contributed by atoms with Crippen LogP contribution in [0.25, 0.3) is 0 Å². The van der Waals surface area contributed by atoms with E-state index in [0.29, 0.717) is 17.3 Å². The van der Waals surface area contributed by atoms with Gasteiger partial charge in [-0.25, -0.2) is 4.79 Å². The zero-order chi connectivity index (χ0) is 24.6. The Morgan fingerprint density at radius 3 is 2.29 bits per heavy atom. The fraction of sp³-hybridized carbons (Fsp3) is 0.385. The molecule has 1 aliphatic heterocycles. The van der Waals surface area contributed by atoms with Crippen molar-refractivity contribution in [2.75, 3.05) is 16.8 Å². The number of hydrogen-bond donors (Lipinski definition) is 1. The van der Waals surface area contributed by atoms with Crippen molar-refractivity contribution >= 4 is 51.0 Å². The van der Waals surface area contributed by atoms with Crippen LogP contribution in [-0.4, -0.2) is 30.3 Å². The lowest BCUT2D eigenvalue weighted by atomic mass is 9.76. The van der Waals surface area contributed by atoms with E-state index >= 15 is 0 Å². The highest BCUT2D eigenvalue weighted by Crippen LogP contribution is 2.42. The lowest BCUT2D eigenvalue weighted by Gasteiger charge is -2.25. The van der Waals surface area contributed by atoms with Crippen molar-refractivity contribution in [3.63, 3.8) is 0 Å². The first-order chi connectivity index (χ1) is 16.2. The molecule has 3 amide bonds. The Balaban J connectivity index is 1.36. The van der Waals surface area contributed by atoms with Gasteiger partial charge in [-0.15, -0.1) is 0 Å². The maximum Gasteiger partial charge on any atom is 0.338 e. The van der Waals surface area contributed by atoms with E-state index < -0.39 is 18.5 Å². The van der Waals surface area contributed by atoms with Gasteiger partial charge in [0.15, 0.2) is 6.61 Å². The Kier molecular flexibility index (Phi) is 6.89. The van der Waals surface area contributed by atoms with E-state index in [1.807, 2.05) is 26.0 Å². The van der Waals surface area contributed by atoms with Crippen LogP contribution in [0.15, 0.2) is 40.9 Å². The third kappa shape index (κ3) is 4.78. The summed E-state index contributed by atoms with van der Waals surface area (Å²) in [6.45, 7) is 5.53. The molecular weight excluding hydrogens is 500 g/mol. The summed E-state index contributed by atoms with van der Waals surface area (Å²) in [6, 6.07) is 9.80. The van der Waals surface area contributed by atoms with Crippen LogP contribution in [0, 0.1) is 31.6 Å². The molecule has 1 aliphatic carbocycles. The van der Waals surface area contributed by atoms with E-state index in [2.05, 4.69) is 28.2 Å². The number of amides is 3. The average molecular weight is 527 g/mol. The van der Waals surface area contributed by atoms with Crippen LogP contribution in [0.3, 0.4) is 0 Å². The van der Waals surface area contributed by atoms with Crippen molar-refractivity contribution in [1.29, 1.82) is 0 Å². The van der Waals surface area contributed by atoms with Crippen molar-refractivity contribution in [3.05, 3.63) is 57.6 Å². The second-order valence-corrected chi connectivity index (χ2v) is 10.0. The summed E-state index contributed by atoms with van der Waals surface area (Å²) < 4.78 is 6.11. The van der Waals surface area contributed by atoms with E-state index in [-0.39, 0.29) is 29.2 Å². The van der Waals surface area contributed by atoms with Gasteiger partial charge in [-0.3, -0.25) is 19.3 Å². The molecule has 1 saturated heterocycles. The predicted molar refractivity (Wildman–Crippen MR) is 131 cm³/mol. The van der Waals surface area contributed by atoms with E-state index in [1.54, 1.807) is 12.1 Å². The number of carbonyl (C=O) groups excluding carboxylic acids is 4. The number of rotatable bonds is 5. The minimum atomic E-state index is -0.661. The molecule has 2 aromatic carbocycles. The zero-order valence-corrected chi connectivity index (χ0v) is 21.0. The zero-order valence-electron chi connectivity index (χ0n) is 19.4. The second-order valence-electron chi connectivity index (χ2n) is 9.24. The molecule has 7 nitrogen and oxygen atoms in total. The smallest absolute Gasteiger partial charge is 0.338 e. The minimum Gasteiger partial charge on any atom is -0.452 e. The van der Waals surface area contributed by atoms with Crippen molar-refractivity contribution < 1.29 is 23.9 Å². The molecule has 1 heterocycles. The molecule has 0 bridgehead atoms. The van der Waals surface area contributed by atoms with E-state index in [0.717, 1.165) is 34.9 Å². The summed E-state index contributed by atoms with van der Waals surface area (Å²) in [4.78, 5) is 51.6. The number of fused-ring (bicyclic) bond motifs is 1. The summed E-state index contributed by atoms with van der Waals surface area (Å²) in [5, 5.41) is 2.72. The van der Waals surface area contributed by atoms with Crippen molar-refractivity contribution in [2.24, 2.45) is 17.8 Å². The van der Waals surface area contributed by atoms with Crippen LogP contribution in [0.1, 0.15) is 47.7 Å². The lowest BCUT2D eigenvalue weighted by Crippen LogP contribution is -2.30. The number of nitrogens with zero attached hydrogens (tertiary/aromatic N) is 1. The summed E-state index contributed by atoms with van der Waals surface area (Å²) >= 11 is 3.48. The summed E-state index contributed by atoms with van der Waals surface area (Å²) in [5.74, 6) is -1.49. The molecule has 1 saturated carbocycles. The molecule has 0 radical (unpaired) electrons. The van der Waals surface area contributed by atoms with Gasteiger partial charge in [0.1, 0.15) is 0 Å². The van der Waals surface area contributed by atoms with Crippen molar-refractivity contribution in [3.8, 4) is 0 Å². The SMILES string of the molecule is Cc1cc(NC(=O)COC(=O)c2ccc(N3C(=O)[C@@H]4CC[C@H](C)C[C@H]4C3=O)cc2)cc(C)c1Br. The first-order valence-corrected chi connectivity index (χ1v) is 12.2. The highest BCUT2D eigenvalue weighted by Gasteiger charge is 2.49. The minimum absolute atomic E-state index is 0.160. The van der Waals surface area contributed by atoms with Gasteiger partial charge >= 0.3 is 5.97 Å². The Bertz CT molecular complexity index is 1140. The fourth-order valence-electron chi connectivity index (χ4n) is 4.82. The number of nitrogens with one attached hydrogen (secondary N) is 1. The van der Waals surface area contributed by atoms with Crippen LogP contribution in [0.2, 0.25) is 0 Å². The normalized spacial score (nSPS) is 21.9. The molecule has 2 aliphatic rings. The molecule has 0 aromatic heterocycles. The fourth-order valence-corrected chi connectivity index (χ4v) is 5.05. The van der Waals surface area contributed by atoms with Crippen molar-refractivity contribution in [2.45, 2.75) is 40.0 Å². The molecule has 2 fully saturated rings. The maximum absolute atomic E-state index is 12.9. The molecule has 0 unspecified atom stereocenters. The number of imide groups is 1. The number of esters is 1. The third-order valence-corrected chi connectivity index (χ3v) is 7.85. The van der Waals surface area contributed by atoms with Gasteiger partial charge < -0.3 is 10.1 Å². The molecule has 34 heavy (non-hydrogen) atoms. The second kappa shape index (κ2) is 9.70. The Morgan fingerprint density at radius 2 is 1.65 bits per heavy atom. The standard InChI is InChI=1S/C26H27BrN2O5/c1-14-4-9-20-21(10-14)25(32)29(24(20)31)19-7-5-17(6-8-19)26(33)34-13-22(30)28-18-11-15(2)23(27)16(3)12-18/h5-8,11-12,14,20-21H,4,9-10,13H2,1-3H3,(H,28,30)/t14-,20+,21+/m0/s1. The van der Waals surface area contributed by atoms with Crippen LogP contribution >= 0.6 is 15.9 Å². The number of anilines is 2. The molecule has 178 valence electrons. The van der Waals surface area contributed by atoms with Crippen LogP contribution in [0.4, 0.5) is 11.4 Å². The predicted octanol–water partition coefficient (Wildman–Crippen LogP) is 4.79. The van der Waals surface area contributed by atoms with Gasteiger partial charge in [0.2, 0.25) is 11.8 Å². The molecule has 3 atom stereocenters. The largest absolute Gasteiger partial charge is 0.452 e. The van der Waals surface area contributed by atoms with Gasteiger partial charge in [0.25, 0.3) is 5.91 Å². The lowest BCUT2D eigenvalue weighted by molar-refractivity contribution is -0.122. The molecule has 1 N–H and O–H groups in total. The Hall–Kier alpha value is -3.00. The molecular formula is C26H27BrN2O5. The summed E-state index contributed by atoms with van der Waals surface area (Å²) in [5.41, 5.74) is 3.27. The summed E-state index contributed by atoms with van der Waals surface area (Å²) in [6.07, 6.45) is 2.42. The van der Waals surface area contributed by atoms with Gasteiger partial charge in [-0.2, -0.15) is 0 Å². The highest BCUT2D eigenvalue weighted by molar-refractivity contribution is 9.10. The third-order valence-electron chi connectivity index (χ3n) is 6.60. The first-order valence-electron chi connectivity index (χ1n) is 11.4. The van der Waals surface area contributed by atoms with Crippen LogP contribution < -0.4 is 10.2 Å². The van der Waals surface area contributed by atoms with E-state index in [1.165, 1.54) is 17.0 Å². The Labute approximate surface area is 207 Å². The number of aryl methyl sites for hydroxylation is 2. The highest BCUT2D eigenvalue weighted by atomic mass is 79.9. The van der Waals surface area contributed by atoms with Gasteiger partial charge in [0, 0.05) is 10.2 Å². The van der Waals surface area contributed by atoms with Gasteiger partial charge in [-0.05, 0) is 86.6 Å². The summed E-state index contributed by atoms with van der Waals surface area (Å²) in [7, 11) is 0. The maximum atomic E-state index is 12.9. The van der Waals surface area contributed by atoms with Crippen molar-refractivity contribution in [1.82, 2.24) is 0 Å². The molecule has 0 spiro atoms. The molecule has 2 aromatic rings. The quantitative estimate of drug-likeness (QED) is 0.446. The van der Waals surface area contributed by atoms with Gasteiger partial charge in [-0.1, -0.05) is 22.9 Å². The number of halogens is 1. The number of ether oxygens (including phenoxy) is 1. The van der Waals surface area contributed by atoms with E-state index in [9.17, 15) is 19.2 Å². The van der Waals surface area contributed by atoms with Gasteiger partial charge in [0.05, 0.1) is 23.1 Å². The molecule has 4 rings (SSSR count). The monoisotopic (exact) mass is 526 g/mol. The van der Waals surface area contributed by atoms with Crippen LogP contribution in [-0.2, 0) is 19.1 Å². The first kappa shape index (κ1) is 24.1. The number of benzene rings is 2. The molecule has 8 heteroatoms. The van der Waals surface area contributed by atoms with E-state index in [4.69, 9.17) is 4.74 Å².